The predicted octanol–water partition coefficient (Wildman–Crippen LogP) is -0.241. The van der Waals surface area contributed by atoms with Crippen molar-refractivity contribution in [2.75, 3.05) is 5.75 Å². The number of hydrogen-bond acceptors (Lipinski definition) is 5. The summed E-state index contributed by atoms with van der Waals surface area (Å²) in [4.78, 5) is 11.2. The first-order valence-corrected chi connectivity index (χ1v) is 6.01. The maximum atomic E-state index is 11.2. The van der Waals surface area contributed by atoms with Crippen LogP contribution in [0.25, 0.3) is 0 Å². The van der Waals surface area contributed by atoms with Crippen LogP contribution in [0.15, 0.2) is 11.5 Å². The molecule has 0 bridgehead atoms. The number of amides is 1. The van der Waals surface area contributed by atoms with Crippen molar-refractivity contribution in [3.63, 3.8) is 0 Å². The third kappa shape index (κ3) is 3.82. The van der Waals surface area contributed by atoms with Gasteiger partial charge in [0.25, 0.3) is 0 Å². The van der Waals surface area contributed by atoms with Crippen LogP contribution in [0.4, 0.5) is 0 Å². The summed E-state index contributed by atoms with van der Waals surface area (Å²) in [5, 5.41) is 11.6. The Morgan fingerprint density at radius 1 is 1.69 bits per heavy atom. The molecule has 0 fully saturated rings. The maximum absolute atomic E-state index is 11.2. The van der Waals surface area contributed by atoms with E-state index in [2.05, 4.69) is 15.5 Å². The molecule has 0 aliphatic heterocycles. The summed E-state index contributed by atoms with van der Waals surface area (Å²) < 4.78 is 1.80. The standard InChI is InChI=1S/C9H17N5OS/c1-6(2)12-7(8(10)15)4-16-9-13-11-5-14(9)3/h5-7,12H,4H2,1-3H3,(H2,10,15). The van der Waals surface area contributed by atoms with Crippen LogP contribution in [0.3, 0.4) is 0 Å². The fourth-order valence-corrected chi connectivity index (χ4v) is 2.11. The molecule has 1 heterocycles. The first-order valence-electron chi connectivity index (χ1n) is 5.03. The zero-order valence-corrected chi connectivity index (χ0v) is 10.5. The van der Waals surface area contributed by atoms with Gasteiger partial charge in [-0.3, -0.25) is 4.79 Å². The average Bonchev–Trinajstić information content (AvgIpc) is 2.57. The Morgan fingerprint density at radius 3 is 2.81 bits per heavy atom. The number of nitrogens with two attached hydrogens (primary N) is 1. The van der Waals surface area contributed by atoms with Crippen LogP contribution in [-0.4, -0.2) is 38.5 Å². The van der Waals surface area contributed by atoms with E-state index in [1.165, 1.54) is 11.8 Å². The number of carbonyl (C=O) groups is 1. The van der Waals surface area contributed by atoms with Crippen LogP contribution in [0.5, 0.6) is 0 Å². The number of primary amides is 1. The van der Waals surface area contributed by atoms with E-state index in [9.17, 15) is 4.79 Å². The number of aryl methyl sites for hydroxylation is 1. The highest BCUT2D eigenvalue weighted by atomic mass is 32.2. The van der Waals surface area contributed by atoms with Crippen LogP contribution in [-0.2, 0) is 11.8 Å². The fourth-order valence-electron chi connectivity index (χ4n) is 1.18. The smallest absolute Gasteiger partial charge is 0.235 e. The normalized spacial score (nSPS) is 13.0. The lowest BCUT2D eigenvalue weighted by molar-refractivity contribution is -0.119. The van der Waals surface area contributed by atoms with Gasteiger partial charge in [0.15, 0.2) is 5.16 Å². The molecular formula is C9H17N5OS. The Morgan fingerprint density at radius 2 is 2.38 bits per heavy atom. The summed E-state index contributed by atoms with van der Waals surface area (Å²) >= 11 is 1.46. The van der Waals surface area contributed by atoms with Crippen molar-refractivity contribution in [1.82, 2.24) is 20.1 Å². The van der Waals surface area contributed by atoms with Gasteiger partial charge in [-0.2, -0.15) is 0 Å². The van der Waals surface area contributed by atoms with E-state index < -0.39 is 0 Å². The summed E-state index contributed by atoms with van der Waals surface area (Å²) in [6.07, 6.45) is 1.62. The molecule has 1 unspecified atom stereocenters. The van der Waals surface area contributed by atoms with Gasteiger partial charge in [0.1, 0.15) is 6.33 Å². The quantitative estimate of drug-likeness (QED) is 0.673. The topological polar surface area (TPSA) is 85.8 Å². The molecule has 1 aromatic heterocycles. The monoisotopic (exact) mass is 243 g/mol. The van der Waals surface area contributed by atoms with Crippen LogP contribution in [0, 0.1) is 0 Å². The molecule has 0 saturated carbocycles. The molecule has 1 atom stereocenters. The number of aromatic nitrogens is 3. The van der Waals surface area contributed by atoms with Gasteiger partial charge >= 0.3 is 0 Å². The van der Waals surface area contributed by atoms with Gasteiger partial charge in [-0.05, 0) is 0 Å². The van der Waals surface area contributed by atoms with E-state index in [1.807, 2.05) is 20.9 Å². The molecule has 6 nitrogen and oxygen atoms in total. The Labute approximate surface area is 99.0 Å². The second-order valence-corrected chi connectivity index (χ2v) is 4.80. The third-order valence-corrected chi connectivity index (χ3v) is 3.05. The predicted molar refractivity (Wildman–Crippen MR) is 63.0 cm³/mol. The Hall–Kier alpha value is -1.08. The first kappa shape index (κ1) is 13.0. The summed E-state index contributed by atoms with van der Waals surface area (Å²) in [5.74, 6) is 0.211. The van der Waals surface area contributed by atoms with Crippen LogP contribution < -0.4 is 11.1 Å². The van der Waals surface area contributed by atoms with E-state index in [-0.39, 0.29) is 18.0 Å². The summed E-state index contributed by atoms with van der Waals surface area (Å²) in [5.41, 5.74) is 5.30. The Kier molecular flexibility index (Phi) is 4.75. The molecule has 0 aliphatic rings. The zero-order chi connectivity index (χ0) is 12.1. The van der Waals surface area contributed by atoms with Crippen molar-refractivity contribution in [2.24, 2.45) is 12.8 Å². The highest BCUT2D eigenvalue weighted by Gasteiger charge is 2.17. The molecule has 0 spiro atoms. The number of nitrogens with one attached hydrogen (secondary N) is 1. The molecule has 1 rings (SSSR count). The number of carbonyl (C=O) groups excluding carboxylic acids is 1. The molecule has 16 heavy (non-hydrogen) atoms. The SMILES string of the molecule is CC(C)NC(CSc1nncn1C)C(N)=O. The minimum absolute atomic E-state index is 0.220. The molecule has 0 saturated heterocycles. The van der Waals surface area contributed by atoms with Crippen LogP contribution in [0.1, 0.15) is 13.8 Å². The molecule has 1 aromatic rings. The molecular weight excluding hydrogens is 226 g/mol. The average molecular weight is 243 g/mol. The maximum Gasteiger partial charge on any atom is 0.235 e. The largest absolute Gasteiger partial charge is 0.368 e. The van der Waals surface area contributed by atoms with Gasteiger partial charge in [-0.1, -0.05) is 25.6 Å². The van der Waals surface area contributed by atoms with Crippen molar-refractivity contribution in [3.8, 4) is 0 Å². The van der Waals surface area contributed by atoms with E-state index in [4.69, 9.17) is 5.73 Å². The van der Waals surface area contributed by atoms with E-state index in [1.54, 1.807) is 10.9 Å². The molecule has 0 radical (unpaired) electrons. The van der Waals surface area contributed by atoms with Crippen LogP contribution >= 0.6 is 11.8 Å². The molecule has 0 aliphatic carbocycles. The molecule has 3 N–H and O–H groups in total. The van der Waals surface area contributed by atoms with Crippen molar-refractivity contribution < 1.29 is 4.79 Å². The minimum atomic E-state index is -0.346. The van der Waals surface area contributed by atoms with Gasteiger partial charge in [-0.15, -0.1) is 10.2 Å². The minimum Gasteiger partial charge on any atom is -0.368 e. The van der Waals surface area contributed by atoms with Gasteiger partial charge in [0, 0.05) is 18.8 Å². The van der Waals surface area contributed by atoms with Crippen molar-refractivity contribution in [3.05, 3.63) is 6.33 Å². The lowest BCUT2D eigenvalue weighted by atomic mass is 10.3. The highest BCUT2D eigenvalue weighted by Crippen LogP contribution is 2.14. The van der Waals surface area contributed by atoms with Crippen molar-refractivity contribution >= 4 is 17.7 Å². The van der Waals surface area contributed by atoms with E-state index in [0.29, 0.717) is 5.75 Å². The second kappa shape index (κ2) is 5.86. The Balaban J connectivity index is 2.50. The van der Waals surface area contributed by atoms with Crippen LogP contribution in [0.2, 0.25) is 0 Å². The van der Waals surface area contributed by atoms with Gasteiger partial charge in [-0.25, -0.2) is 0 Å². The fraction of sp³-hybridized carbons (Fsp3) is 0.667. The summed E-state index contributed by atoms with van der Waals surface area (Å²) in [6, 6.07) is -0.126. The lowest BCUT2D eigenvalue weighted by Crippen LogP contribution is -2.46. The molecule has 0 aromatic carbocycles. The van der Waals surface area contributed by atoms with Gasteiger partial charge < -0.3 is 15.6 Å². The number of hydrogen-bond donors (Lipinski definition) is 2. The Bertz CT molecular complexity index is 351. The van der Waals surface area contributed by atoms with E-state index >= 15 is 0 Å². The van der Waals surface area contributed by atoms with E-state index in [0.717, 1.165) is 5.16 Å². The molecule has 90 valence electrons. The van der Waals surface area contributed by atoms with Crippen molar-refractivity contribution in [1.29, 1.82) is 0 Å². The molecule has 7 heteroatoms. The highest BCUT2D eigenvalue weighted by molar-refractivity contribution is 7.99. The first-order chi connectivity index (χ1) is 7.50. The lowest BCUT2D eigenvalue weighted by Gasteiger charge is -2.17. The summed E-state index contributed by atoms with van der Waals surface area (Å²) in [7, 11) is 1.86. The third-order valence-electron chi connectivity index (χ3n) is 1.93. The zero-order valence-electron chi connectivity index (χ0n) is 9.67. The molecule has 1 amide bonds. The second-order valence-electron chi connectivity index (χ2n) is 3.81. The number of nitrogens with zero attached hydrogens (tertiary/aromatic N) is 3. The van der Waals surface area contributed by atoms with Gasteiger partial charge in [0.05, 0.1) is 6.04 Å². The number of rotatable bonds is 6. The van der Waals surface area contributed by atoms with Crippen molar-refractivity contribution in [2.45, 2.75) is 31.1 Å². The summed E-state index contributed by atoms with van der Waals surface area (Å²) in [6.45, 7) is 3.95. The number of thioether (sulfide) groups is 1. The van der Waals surface area contributed by atoms with Gasteiger partial charge in [0.2, 0.25) is 5.91 Å².